The molecule has 1 N–H and O–H groups in total. The fourth-order valence-corrected chi connectivity index (χ4v) is 6.70. The summed E-state index contributed by atoms with van der Waals surface area (Å²) in [6.45, 7) is 2.82. The number of likely N-dealkylation sites (tertiary alicyclic amines) is 1. The van der Waals surface area contributed by atoms with Gasteiger partial charge in [0.1, 0.15) is 4.21 Å². The number of nitrogens with one attached hydrogen (secondary N) is 1. The molecule has 0 unspecified atom stereocenters. The summed E-state index contributed by atoms with van der Waals surface area (Å²) in [6.07, 6.45) is 7.66. The molecule has 1 aliphatic carbocycles. The van der Waals surface area contributed by atoms with Crippen molar-refractivity contribution in [2.24, 2.45) is 5.92 Å². The summed E-state index contributed by atoms with van der Waals surface area (Å²) < 4.78 is 28.5. The number of nitrogens with zero attached hydrogens (tertiary/aromatic N) is 1. The summed E-state index contributed by atoms with van der Waals surface area (Å²) in [7, 11) is -3.34. The van der Waals surface area contributed by atoms with Crippen LogP contribution < -0.4 is 4.72 Å². The van der Waals surface area contributed by atoms with Crippen molar-refractivity contribution in [3.63, 3.8) is 0 Å². The fraction of sp³-hybridized carbons (Fsp3) is 0.733. The molecule has 1 aromatic heterocycles. The monoisotopic (exact) mass is 406 g/mol. The maximum Gasteiger partial charge on any atom is 0.250 e. The van der Waals surface area contributed by atoms with Crippen molar-refractivity contribution in [2.45, 2.75) is 48.8 Å². The maximum absolute atomic E-state index is 12.2. The number of hydrogen-bond donors (Lipinski definition) is 1. The van der Waals surface area contributed by atoms with E-state index in [0.29, 0.717) is 16.7 Å². The van der Waals surface area contributed by atoms with Gasteiger partial charge in [0.05, 0.1) is 3.79 Å². The highest BCUT2D eigenvalue weighted by molar-refractivity contribution is 9.11. The number of halogens is 1. The van der Waals surface area contributed by atoms with Crippen molar-refractivity contribution in [3.05, 3.63) is 15.9 Å². The van der Waals surface area contributed by atoms with Crippen LogP contribution in [0.4, 0.5) is 0 Å². The normalized spacial score (nSPS) is 22.4. The van der Waals surface area contributed by atoms with Gasteiger partial charge in [-0.15, -0.1) is 11.3 Å². The molecule has 1 saturated heterocycles. The van der Waals surface area contributed by atoms with Gasteiger partial charge in [0.15, 0.2) is 0 Å². The fourth-order valence-electron chi connectivity index (χ4n) is 3.53. The van der Waals surface area contributed by atoms with Crippen LogP contribution in [0.1, 0.15) is 38.5 Å². The number of hydrogen-bond acceptors (Lipinski definition) is 4. The molecule has 1 aromatic rings. The number of piperidine rings is 1. The largest absolute Gasteiger partial charge is 0.300 e. The molecule has 3 rings (SSSR count). The number of thiophene rings is 1. The van der Waals surface area contributed by atoms with Crippen LogP contribution in [0.3, 0.4) is 0 Å². The Morgan fingerprint density at radius 2 is 1.86 bits per heavy atom. The Balaban J connectivity index is 1.47. The first-order valence-electron chi connectivity index (χ1n) is 8.03. The van der Waals surface area contributed by atoms with Gasteiger partial charge in [0.25, 0.3) is 0 Å². The molecule has 1 aliphatic heterocycles. The second kappa shape index (κ2) is 7.30. The summed E-state index contributed by atoms with van der Waals surface area (Å²) in [6, 6.07) is 4.22. The highest BCUT2D eigenvalue weighted by atomic mass is 79.9. The molecule has 2 fully saturated rings. The summed E-state index contributed by atoms with van der Waals surface area (Å²) >= 11 is 4.57. The van der Waals surface area contributed by atoms with E-state index in [2.05, 4.69) is 25.6 Å². The van der Waals surface area contributed by atoms with E-state index in [1.54, 1.807) is 12.1 Å². The average molecular weight is 407 g/mol. The number of sulfonamides is 1. The van der Waals surface area contributed by atoms with E-state index in [-0.39, 0.29) is 0 Å². The van der Waals surface area contributed by atoms with Crippen LogP contribution in [0.25, 0.3) is 0 Å². The lowest BCUT2D eigenvalue weighted by molar-refractivity contribution is 0.135. The minimum atomic E-state index is -3.34. The van der Waals surface area contributed by atoms with E-state index in [9.17, 15) is 8.42 Å². The quantitative estimate of drug-likeness (QED) is 0.814. The van der Waals surface area contributed by atoms with Gasteiger partial charge in [-0.1, -0.05) is 12.8 Å². The third-order valence-corrected chi connectivity index (χ3v) is 8.40. The van der Waals surface area contributed by atoms with E-state index >= 15 is 0 Å². The Labute approximate surface area is 145 Å². The molecule has 4 nitrogen and oxygen atoms in total. The Bertz CT molecular complexity index is 588. The Kier molecular flexibility index (Phi) is 5.60. The van der Waals surface area contributed by atoms with Gasteiger partial charge in [-0.25, -0.2) is 13.1 Å². The SMILES string of the molecule is O=S(=O)(NCC1CCN(C2CCCC2)CC1)c1ccc(Br)s1. The van der Waals surface area contributed by atoms with E-state index < -0.39 is 10.0 Å². The topological polar surface area (TPSA) is 49.4 Å². The first kappa shape index (κ1) is 16.9. The molecule has 0 radical (unpaired) electrons. The zero-order chi connectivity index (χ0) is 15.6. The standard InChI is InChI=1S/C15H23BrN2O2S2/c16-14-5-6-15(21-14)22(19,20)17-11-12-7-9-18(10-8-12)13-3-1-2-4-13/h5-6,12-13,17H,1-4,7-11H2. The van der Waals surface area contributed by atoms with Gasteiger partial charge in [-0.05, 0) is 72.8 Å². The number of rotatable bonds is 5. The molecule has 0 bridgehead atoms. The second-order valence-corrected chi connectivity index (χ2v) is 10.8. The highest BCUT2D eigenvalue weighted by Gasteiger charge is 2.28. The second-order valence-electron chi connectivity index (χ2n) is 6.33. The molecule has 0 spiro atoms. The van der Waals surface area contributed by atoms with Crippen LogP contribution in [-0.2, 0) is 10.0 Å². The molecule has 2 aliphatic rings. The molecule has 7 heteroatoms. The predicted octanol–water partition coefficient (Wildman–Crippen LogP) is 3.44. The molecular weight excluding hydrogens is 384 g/mol. The van der Waals surface area contributed by atoms with Gasteiger partial charge in [0.2, 0.25) is 10.0 Å². The Morgan fingerprint density at radius 1 is 1.18 bits per heavy atom. The van der Waals surface area contributed by atoms with Crippen LogP contribution in [0.5, 0.6) is 0 Å². The van der Waals surface area contributed by atoms with Crippen molar-refractivity contribution >= 4 is 37.3 Å². The zero-order valence-electron chi connectivity index (χ0n) is 12.6. The third-order valence-electron chi connectivity index (χ3n) is 4.87. The third kappa shape index (κ3) is 4.12. The first-order valence-corrected chi connectivity index (χ1v) is 11.1. The van der Waals surface area contributed by atoms with Gasteiger partial charge < -0.3 is 4.90 Å². The molecule has 1 saturated carbocycles. The van der Waals surface area contributed by atoms with Crippen LogP contribution in [-0.4, -0.2) is 39.0 Å². The van der Waals surface area contributed by atoms with Gasteiger partial charge in [-0.2, -0.15) is 0 Å². The van der Waals surface area contributed by atoms with Crippen LogP contribution in [0, 0.1) is 5.92 Å². The average Bonchev–Trinajstić information content (AvgIpc) is 3.17. The Morgan fingerprint density at radius 3 is 2.45 bits per heavy atom. The first-order chi connectivity index (χ1) is 10.5. The Hall–Kier alpha value is 0.0500. The van der Waals surface area contributed by atoms with E-state index in [1.165, 1.54) is 37.0 Å². The van der Waals surface area contributed by atoms with Crippen LogP contribution in [0.2, 0.25) is 0 Å². The molecule has 0 atom stereocenters. The van der Waals surface area contributed by atoms with E-state index in [1.807, 2.05) is 0 Å². The van der Waals surface area contributed by atoms with Crippen molar-refractivity contribution in [3.8, 4) is 0 Å². The van der Waals surface area contributed by atoms with Gasteiger partial charge >= 0.3 is 0 Å². The lowest BCUT2D eigenvalue weighted by atomic mass is 9.96. The highest BCUT2D eigenvalue weighted by Crippen LogP contribution is 2.28. The van der Waals surface area contributed by atoms with Crippen molar-refractivity contribution in [2.75, 3.05) is 19.6 Å². The van der Waals surface area contributed by atoms with Gasteiger partial charge in [0, 0.05) is 12.6 Å². The van der Waals surface area contributed by atoms with Gasteiger partial charge in [-0.3, -0.25) is 0 Å². The summed E-state index contributed by atoms with van der Waals surface area (Å²) in [5.41, 5.74) is 0. The van der Waals surface area contributed by atoms with Crippen molar-refractivity contribution < 1.29 is 8.42 Å². The predicted molar refractivity (Wildman–Crippen MR) is 93.8 cm³/mol. The molecular formula is C15H23BrN2O2S2. The minimum Gasteiger partial charge on any atom is -0.300 e. The molecule has 0 aromatic carbocycles. The molecule has 124 valence electrons. The van der Waals surface area contributed by atoms with Crippen LogP contribution in [0.15, 0.2) is 20.1 Å². The van der Waals surface area contributed by atoms with Crippen LogP contribution >= 0.6 is 27.3 Å². The van der Waals surface area contributed by atoms with E-state index in [4.69, 9.17) is 0 Å². The lowest BCUT2D eigenvalue weighted by Gasteiger charge is -2.36. The maximum atomic E-state index is 12.2. The van der Waals surface area contributed by atoms with Crippen molar-refractivity contribution in [1.82, 2.24) is 9.62 Å². The zero-order valence-corrected chi connectivity index (χ0v) is 15.9. The summed E-state index contributed by atoms with van der Waals surface area (Å²) in [4.78, 5) is 2.62. The molecule has 2 heterocycles. The minimum absolute atomic E-state index is 0.391. The van der Waals surface area contributed by atoms with Crippen molar-refractivity contribution in [1.29, 1.82) is 0 Å². The summed E-state index contributed by atoms with van der Waals surface area (Å²) in [5.74, 6) is 0.468. The molecule has 0 amide bonds. The summed E-state index contributed by atoms with van der Waals surface area (Å²) in [5, 5.41) is 0. The lowest BCUT2D eigenvalue weighted by Crippen LogP contribution is -2.42. The molecule has 22 heavy (non-hydrogen) atoms. The smallest absolute Gasteiger partial charge is 0.250 e. The van der Waals surface area contributed by atoms with E-state index in [0.717, 1.165) is 35.8 Å².